The van der Waals surface area contributed by atoms with Crippen molar-refractivity contribution in [1.82, 2.24) is 0 Å². The summed E-state index contributed by atoms with van der Waals surface area (Å²) in [5.74, 6) is 1.03. The van der Waals surface area contributed by atoms with Crippen molar-refractivity contribution < 1.29 is 19.0 Å². The number of hydrogen-bond acceptors (Lipinski definition) is 6. The monoisotopic (exact) mass is 251 g/mol. The smallest absolute Gasteiger partial charge is 0.323 e. The van der Waals surface area contributed by atoms with Crippen LogP contribution in [0.25, 0.3) is 0 Å². The van der Waals surface area contributed by atoms with E-state index in [-0.39, 0.29) is 5.97 Å². The quantitative estimate of drug-likeness (QED) is 0.444. The third-order valence-electron chi connectivity index (χ3n) is 1.81. The molecule has 0 aromatic rings. The summed E-state index contributed by atoms with van der Waals surface area (Å²) >= 11 is 1.59. The largest absolute Gasteiger partial charge is 0.468 e. The van der Waals surface area contributed by atoms with Gasteiger partial charge in [0.1, 0.15) is 6.04 Å². The van der Waals surface area contributed by atoms with Crippen LogP contribution in [0.15, 0.2) is 0 Å². The number of esters is 1. The maximum Gasteiger partial charge on any atom is 0.323 e. The Balaban J connectivity index is 3.17. The van der Waals surface area contributed by atoms with E-state index in [0.29, 0.717) is 19.0 Å². The van der Waals surface area contributed by atoms with E-state index < -0.39 is 6.04 Å². The Morgan fingerprint density at radius 3 is 2.69 bits per heavy atom. The summed E-state index contributed by atoms with van der Waals surface area (Å²) in [6, 6.07) is -0.538. The number of carbonyl (C=O) groups is 1. The maximum absolute atomic E-state index is 10.9. The van der Waals surface area contributed by atoms with E-state index in [2.05, 4.69) is 4.74 Å². The van der Waals surface area contributed by atoms with E-state index in [0.717, 1.165) is 18.8 Å². The number of rotatable bonds is 10. The zero-order valence-electron chi connectivity index (χ0n) is 9.94. The summed E-state index contributed by atoms with van der Waals surface area (Å²) in [6.45, 7) is 2.10. The van der Waals surface area contributed by atoms with Crippen LogP contribution in [0.2, 0.25) is 0 Å². The molecule has 1 unspecified atom stereocenters. The minimum atomic E-state index is -0.538. The third-order valence-corrected chi connectivity index (χ3v) is 2.86. The number of hydrogen-bond donors (Lipinski definition) is 1. The van der Waals surface area contributed by atoms with Crippen molar-refractivity contribution in [2.75, 3.05) is 45.5 Å². The van der Waals surface area contributed by atoms with Crippen molar-refractivity contribution in [3.8, 4) is 0 Å². The molecule has 0 saturated carbocycles. The Bertz CT molecular complexity index is 180. The standard InChI is InChI=1S/C10H21NO4S/c1-13-4-3-5-15-6-7-16-8-9(11)10(12)14-2/h9H,3-8,11H2,1-2H3. The fourth-order valence-corrected chi connectivity index (χ4v) is 1.75. The van der Waals surface area contributed by atoms with Crippen LogP contribution in [0, 0.1) is 0 Å². The van der Waals surface area contributed by atoms with E-state index in [1.54, 1.807) is 18.9 Å². The molecule has 0 saturated heterocycles. The van der Waals surface area contributed by atoms with Gasteiger partial charge in [0, 0.05) is 31.8 Å². The molecule has 0 aliphatic rings. The molecule has 0 spiro atoms. The second-order valence-corrected chi connectivity index (χ2v) is 4.31. The Morgan fingerprint density at radius 2 is 2.06 bits per heavy atom. The van der Waals surface area contributed by atoms with Crippen molar-refractivity contribution in [3.63, 3.8) is 0 Å². The topological polar surface area (TPSA) is 70.8 Å². The predicted octanol–water partition coefficient (Wildman–Crippen LogP) is 0.273. The molecule has 0 aromatic heterocycles. The predicted molar refractivity (Wildman–Crippen MR) is 64.6 cm³/mol. The molecule has 6 heteroatoms. The lowest BCUT2D eigenvalue weighted by molar-refractivity contribution is -0.141. The number of carbonyl (C=O) groups excluding carboxylic acids is 1. The molecule has 0 aromatic carbocycles. The summed E-state index contributed by atoms with van der Waals surface area (Å²) < 4.78 is 14.7. The van der Waals surface area contributed by atoms with Crippen molar-refractivity contribution in [3.05, 3.63) is 0 Å². The average molecular weight is 251 g/mol. The van der Waals surface area contributed by atoms with Crippen LogP contribution in [0.1, 0.15) is 6.42 Å². The van der Waals surface area contributed by atoms with E-state index in [4.69, 9.17) is 15.2 Å². The van der Waals surface area contributed by atoms with Gasteiger partial charge in [0.05, 0.1) is 13.7 Å². The first-order chi connectivity index (χ1) is 7.72. The maximum atomic E-state index is 10.9. The van der Waals surface area contributed by atoms with Gasteiger partial charge in [0.25, 0.3) is 0 Å². The zero-order valence-corrected chi connectivity index (χ0v) is 10.8. The van der Waals surface area contributed by atoms with Crippen LogP contribution in [0.3, 0.4) is 0 Å². The van der Waals surface area contributed by atoms with Gasteiger partial charge in [-0.1, -0.05) is 0 Å². The summed E-state index contributed by atoms with van der Waals surface area (Å²) in [4.78, 5) is 10.9. The molecule has 2 N–H and O–H groups in total. The van der Waals surface area contributed by atoms with Crippen LogP contribution < -0.4 is 5.73 Å². The molecule has 0 radical (unpaired) electrons. The number of nitrogens with two attached hydrogens (primary N) is 1. The van der Waals surface area contributed by atoms with Gasteiger partial charge in [-0.15, -0.1) is 0 Å². The number of methoxy groups -OCH3 is 2. The van der Waals surface area contributed by atoms with Crippen molar-refractivity contribution >= 4 is 17.7 Å². The Labute approximate surface area is 101 Å². The van der Waals surface area contributed by atoms with Crippen molar-refractivity contribution in [1.29, 1.82) is 0 Å². The van der Waals surface area contributed by atoms with Gasteiger partial charge in [-0.25, -0.2) is 0 Å². The Morgan fingerprint density at radius 1 is 1.31 bits per heavy atom. The van der Waals surface area contributed by atoms with E-state index in [1.807, 2.05) is 0 Å². The molecule has 1 atom stereocenters. The lowest BCUT2D eigenvalue weighted by Gasteiger charge is -2.08. The summed E-state index contributed by atoms with van der Waals surface area (Å²) in [5.41, 5.74) is 5.56. The molecule has 96 valence electrons. The van der Waals surface area contributed by atoms with Crippen LogP contribution in [-0.2, 0) is 19.0 Å². The van der Waals surface area contributed by atoms with Gasteiger partial charge in [-0.3, -0.25) is 4.79 Å². The highest BCUT2D eigenvalue weighted by molar-refractivity contribution is 7.99. The van der Waals surface area contributed by atoms with Gasteiger partial charge < -0.3 is 19.9 Å². The summed E-state index contributed by atoms with van der Waals surface area (Å²) in [7, 11) is 3.01. The van der Waals surface area contributed by atoms with Crippen LogP contribution in [0.4, 0.5) is 0 Å². The van der Waals surface area contributed by atoms with E-state index in [9.17, 15) is 4.79 Å². The summed E-state index contributed by atoms with van der Waals surface area (Å²) in [6.07, 6.45) is 0.906. The van der Waals surface area contributed by atoms with Gasteiger partial charge in [-0.05, 0) is 6.42 Å². The van der Waals surface area contributed by atoms with Gasteiger partial charge >= 0.3 is 5.97 Å². The minimum absolute atomic E-state index is 0.367. The number of ether oxygens (including phenoxy) is 3. The van der Waals surface area contributed by atoms with Crippen molar-refractivity contribution in [2.24, 2.45) is 5.73 Å². The van der Waals surface area contributed by atoms with E-state index in [1.165, 1.54) is 7.11 Å². The summed E-state index contributed by atoms with van der Waals surface area (Å²) in [5, 5.41) is 0. The zero-order chi connectivity index (χ0) is 12.2. The van der Waals surface area contributed by atoms with Crippen LogP contribution >= 0.6 is 11.8 Å². The van der Waals surface area contributed by atoms with E-state index >= 15 is 0 Å². The first-order valence-electron chi connectivity index (χ1n) is 5.20. The highest BCUT2D eigenvalue weighted by atomic mass is 32.2. The fourth-order valence-electron chi connectivity index (χ4n) is 0.955. The fraction of sp³-hybridized carbons (Fsp3) is 0.900. The lowest BCUT2D eigenvalue weighted by Crippen LogP contribution is -2.34. The Kier molecular flexibility index (Phi) is 11.0. The molecular weight excluding hydrogens is 230 g/mol. The molecule has 0 amide bonds. The minimum Gasteiger partial charge on any atom is -0.468 e. The molecule has 16 heavy (non-hydrogen) atoms. The van der Waals surface area contributed by atoms with Gasteiger partial charge in [0.2, 0.25) is 0 Å². The second kappa shape index (κ2) is 11.2. The van der Waals surface area contributed by atoms with Crippen LogP contribution in [-0.4, -0.2) is 57.6 Å². The molecule has 0 aliphatic carbocycles. The highest BCUT2D eigenvalue weighted by Gasteiger charge is 2.12. The third kappa shape index (κ3) is 8.96. The molecule has 0 fully saturated rings. The van der Waals surface area contributed by atoms with Gasteiger partial charge in [-0.2, -0.15) is 11.8 Å². The van der Waals surface area contributed by atoms with Crippen molar-refractivity contribution in [2.45, 2.75) is 12.5 Å². The Hall–Kier alpha value is -0.300. The molecule has 0 heterocycles. The normalized spacial score (nSPS) is 12.4. The average Bonchev–Trinajstić information content (AvgIpc) is 2.31. The SMILES string of the molecule is COCCCOCCSCC(N)C(=O)OC. The molecular formula is C10H21NO4S. The first kappa shape index (κ1) is 15.7. The first-order valence-corrected chi connectivity index (χ1v) is 6.35. The molecule has 0 rings (SSSR count). The number of thioether (sulfide) groups is 1. The molecule has 5 nitrogen and oxygen atoms in total. The molecule has 0 bridgehead atoms. The second-order valence-electron chi connectivity index (χ2n) is 3.16. The lowest BCUT2D eigenvalue weighted by atomic mass is 10.4. The molecule has 0 aliphatic heterocycles. The van der Waals surface area contributed by atoms with Crippen LogP contribution in [0.5, 0.6) is 0 Å². The van der Waals surface area contributed by atoms with Gasteiger partial charge in [0.15, 0.2) is 0 Å². The highest BCUT2D eigenvalue weighted by Crippen LogP contribution is 2.02.